The van der Waals surface area contributed by atoms with E-state index in [4.69, 9.17) is 37.0 Å². The van der Waals surface area contributed by atoms with Crippen molar-refractivity contribution in [3.8, 4) is 0 Å². The van der Waals surface area contributed by atoms with E-state index in [9.17, 15) is 43.2 Å². The fourth-order valence-electron chi connectivity index (χ4n) is 9.04. The molecule has 480 valence electrons. The number of hydrogen-bond acceptors (Lipinski definition) is 15. The van der Waals surface area contributed by atoms with Gasteiger partial charge in [0.15, 0.2) is 12.2 Å². The molecule has 0 aliphatic heterocycles. The van der Waals surface area contributed by atoms with Crippen molar-refractivity contribution in [2.45, 2.75) is 311 Å². The number of hydrogen-bond donors (Lipinski definition) is 3. The summed E-state index contributed by atoms with van der Waals surface area (Å²) in [5, 5.41) is 10.5. The van der Waals surface area contributed by atoms with Gasteiger partial charge in [-0.05, 0) is 49.4 Å². The maximum absolute atomic E-state index is 12.9. The number of carbonyl (C=O) groups is 4. The quantitative estimate of drug-likeness (QED) is 0.0222. The minimum absolute atomic E-state index is 0.101. The van der Waals surface area contributed by atoms with Gasteiger partial charge in [-0.3, -0.25) is 37.3 Å². The number of esters is 4. The van der Waals surface area contributed by atoms with Crippen LogP contribution >= 0.6 is 15.6 Å². The highest BCUT2D eigenvalue weighted by Gasteiger charge is 2.30. The Morgan fingerprint density at radius 1 is 0.346 bits per heavy atom. The maximum Gasteiger partial charge on any atom is 0.472 e. The molecule has 0 amide bonds. The maximum atomic E-state index is 12.9. The van der Waals surface area contributed by atoms with Gasteiger partial charge in [-0.1, -0.05) is 242 Å². The van der Waals surface area contributed by atoms with Crippen molar-refractivity contribution < 1.29 is 80.2 Å². The van der Waals surface area contributed by atoms with Gasteiger partial charge >= 0.3 is 39.5 Å². The van der Waals surface area contributed by atoms with Gasteiger partial charge in [0.05, 0.1) is 26.4 Å². The van der Waals surface area contributed by atoms with E-state index < -0.39 is 97.5 Å². The third-order valence-corrected chi connectivity index (χ3v) is 16.3. The van der Waals surface area contributed by atoms with E-state index in [1.807, 2.05) is 0 Å². The standard InChI is InChI=1S/C62H120O17P2/c1-9-55(8)41-33-25-19-21-29-37-45-62(67)79-58(48-72-59(64)42-34-26-16-12-10-11-14-22-30-38-52(2)3)51-77-81(70,71)75-47-56(63)46-74-80(68,69)76-50-57(49-73-60(65)43-35-27-20-18-24-32-40-54(6)7)78-61(66)44-36-28-17-13-15-23-31-39-53(4)5/h52-58,63H,9-51H2,1-8H3,(H,68,69)(H,70,71)/t55?,56-,57+,58+/m0/s1. The lowest BCUT2D eigenvalue weighted by Crippen LogP contribution is -2.30. The van der Waals surface area contributed by atoms with Gasteiger partial charge < -0.3 is 33.8 Å². The Morgan fingerprint density at radius 3 is 0.877 bits per heavy atom. The third kappa shape index (κ3) is 55.7. The van der Waals surface area contributed by atoms with Crippen LogP contribution in [0.1, 0.15) is 293 Å². The van der Waals surface area contributed by atoms with Crippen molar-refractivity contribution in [3.05, 3.63) is 0 Å². The number of rotatable bonds is 59. The van der Waals surface area contributed by atoms with Crippen molar-refractivity contribution in [1.29, 1.82) is 0 Å². The van der Waals surface area contributed by atoms with Gasteiger partial charge in [0.1, 0.15) is 19.3 Å². The second kappa shape index (κ2) is 52.4. The SMILES string of the molecule is CCC(C)CCCCCCCCC(=O)O[C@H](COC(=O)CCCCCCCCCCCC(C)C)COP(=O)(O)OC[C@@H](O)COP(=O)(O)OC[C@@H](COC(=O)CCCCCCCCC(C)C)OC(=O)CCCCCCCCCC(C)C. The predicted octanol–water partition coefficient (Wildman–Crippen LogP) is 16.6. The summed E-state index contributed by atoms with van der Waals surface area (Å²) in [7, 11) is -9.88. The van der Waals surface area contributed by atoms with E-state index in [1.165, 1.54) is 89.9 Å². The van der Waals surface area contributed by atoms with Gasteiger partial charge in [-0.25, -0.2) is 9.13 Å². The normalized spacial score (nSPS) is 14.8. The van der Waals surface area contributed by atoms with Crippen LogP contribution in [0.4, 0.5) is 0 Å². The Kier molecular flexibility index (Phi) is 51.1. The first-order valence-electron chi connectivity index (χ1n) is 32.2. The number of phosphoric ester groups is 2. The molecule has 0 heterocycles. The average Bonchev–Trinajstić information content (AvgIpc) is 3.41. The number of aliphatic hydroxyl groups excluding tert-OH is 1. The highest BCUT2D eigenvalue weighted by Crippen LogP contribution is 2.45. The molecule has 0 saturated heterocycles. The van der Waals surface area contributed by atoms with Crippen molar-refractivity contribution in [2.75, 3.05) is 39.6 Å². The number of aliphatic hydroxyl groups is 1. The highest BCUT2D eigenvalue weighted by atomic mass is 31.2. The molecule has 6 atom stereocenters. The van der Waals surface area contributed by atoms with Gasteiger partial charge in [-0.15, -0.1) is 0 Å². The van der Waals surface area contributed by atoms with Crippen molar-refractivity contribution in [1.82, 2.24) is 0 Å². The fraction of sp³-hybridized carbons (Fsp3) is 0.935. The lowest BCUT2D eigenvalue weighted by atomic mass is 10.00. The van der Waals surface area contributed by atoms with E-state index >= 15 is 0 Å². The van der Waals surface area contributed by atoms with E-state index in [2.05, 4.69) is 55.4 Å². The fourth-order valence-corrected chi connectivity index (χ4v) is 10.6. The smallest absolute Gasteiger partial charge is 0.462 e. The van der Waals surface area contributed by atoms with Crippen molar-refractivity contribution >= 4 is 39.5 Å². The van der Waals surface area contributed by atoms with Gasteiger partial charge in [0.2, 0.25) is 0 Å². The summed E-state index contributed by atoms with van der Waals surface area (Å²) in [5.74, 6) is 0.692. The molecule has 0 rings (SSSR count). The first kappa shape index (κ1) is 79.1. The van der Waals surface area contributed by atoms with Crippen LogP contribution in [-0.4, -0.2) is 96.7 Å². The van der Waals surface area contributed by atoms with Crippen molar-refractivity contribution in [2.24, 2.45) is 23.7 Å². The zero-order chi connectivity index (χ0) is 60.4. The molecule has 0 fully saturated rings. The summed E-state index contributed by atoms with van der Waals surface area (Å²) in [4.78, 5) is 72.1. The Hall–Kier alpha value is -1.94. The number of unbranched alkanes of at least 4 members (excludes halogenated alkanes) is 24. The molecule has 0 aliphatic rings. The molecular weight excluding hydrogens is 1080 g/mol. The number of ether oxygens (including phenoxy) is 4. The molecule has 19 heteroatoms. The Labute approximate surface area is 492 Å². The minimum atomic E-state index is -4.94. The summed E-state index contributed by atoms with van der Waals surface area (Å²) in [5.41, 5.74) is 0. The van der Waals surface area contributed by atoms with Crippen LogP contribution in [0.15, 0.2) is 0 Å². The lowest BCUT2D eigenvalue weighted by molar-refractivity contribution is -0.161. The number of carbonyl (C=O) groups excluding carboxylic acids is 4. The largest absolute Gasteiger partial charge is 0.472 e. The molecular formula is C62H120O17P2. The van der Waals surface area contributed by atoms with E-state index in [0.29, 0.717) is 37.5 Å². The van der Waals surface area contributed by atoms with Crippen LogP contribution in [0.3, 0.4) is 0 Å². The molecule has 81 heavy (non-hydrogen) atoms. The monoisotopic (exact) mass is 1200 g/mol. The zero-order valence-corrected chi connectivity index (χ0v) is 54.2. The van der Waals surface area contributed by atoms with Crippen LogP contribution in [0, 0.1) is 23.7 Å². The first-order chi connectivity index (χ1) is 38.6. The molecule has 0 aromatic carbocycles. The molecule has 17 nitrogen and oxygen atoms in total. The van der Waals surface area contributed by atoms with Crippen LogP contribution < -0.4 is 0 Å². The second-order valence-corrected chi connectivity index (χ2v) is 27.0. The summed E-state index contributed by atoms with van der Waals surface area (Å²) in [6.45, 7) is 13.9. The summed E-state index contributed by atoms with van der Waals surface area (Å²) in [6, 6.07) is 0. The van der Waals surface area contributed by atoms with E-state index in [1.54, 1.807) is 0 Å². The topological polar surface area (TPSA) is 237 Å². The first-order valence-corrected chi connectivity index (χ1v) is 35.2. The van der Waals surface area contributed by atoms with Gasteiger partial charge in [0, 0.05) is 25.7 Å². The zero-order valence-electron chi connectivity index (χ0n) is 52.4. The van der Waals surface area contributed by atoms with E-state index in [-0.39, 0.29) is 25.7 Å². The highest BCUT2D eigenvalue weighted by molar-refractivity contribution is 7.47. The molecule has 3 N–H and O–H groups in total. The summed E-state index contributed by atoms with van der Waals surface area (Å²) < 4.78 is 67.8. The molecule has 0 bridgehead atoms. The summed E-state index contributed by atoms with van der Waals surface area (Å²) >= 11 is 0. The minimum Gasteiger partial charge on any atom is -0.462 e. The van der Waals surface area contributed by atoms with Crippen LogP contribution in [0.5, 0.6) is 0 Å². The van der Waals surface area contributed by atoms with E-state index in [0.717, 1.165) is 108 Å². The van der Waals surface area contributed by atoms with Gasteiger partial charge in [0.25, 0.3) is 0 Å². The molecule has 0 aromatic rings. The lowest BCUT2D eigenvalue weighted by Gasteiger charge is -2.21. The Morgan fingerprint density at radius 2 is 0.593 bits per heavy atom. The Bertz CT molecular complexity index is 1630. The second-order valence-electron chi connectivity index (χ2n) is 24.1. The molecule has 0 aromatic heterocycles. The van der Waals surface area contributed by atoms with Crippen LogP contribution in [-0.2, 0) is 65.4 Å². The predicted molar refractivity (Wildman–Crippen MR) is 321 cm³/mol. The average molecular weight is 1200 g/mol. The molecule has 0 radical (unpaired) electrons. The molecule has 0 aliphatic carbocycles. The third-order valence-electron chi connectivity index (χ3n) is 14.4. The van der Waals surface area contributed by atoms with Crippen molar-refractivity contribution in [3.63, 3.8) is 0 Å². The van der Waals surface area contributed by atoms with Crippen LogP contribution in [0.25, 0.3) is 0 Å². The molecule has 3 unspecified atom stereocenters. The number of phosphoric acid groups is 2. The van der Waals surface area contributed by atoms with Crippen LogP contribution in [0.2, 0.25) is 0 Å². The Balaban J connectivity index is 5.25. The van der Waals surface area contributed by atoms with Gasteiger partial charge in [-0.2, -0.15) is 0 Å². The molecule has 0 saturated carbocycles. The summed E-state index contributed by atoms with van der Waals surface area (Å²) in [6.07, 6.45) is 31.0. The molecule has 0 spiro atoms.